The van der Waals surface area contributed by atoms with Crippen LogP contribution >= 0.6 is 11.6 Å². The minimum atomic E-state index is -1.01. The van der Waals surface area contributed by atoms with Gasteiger partial charge < -0.3 is 24.6 Å². The molecule has 1 aliphatic heterocycles. The van der Waals surface area contributed by atoms with Crippen LogP contribution in [0.1, 0.15) is 20.8 Å². The molecule has 0 spiro atoms. The maximum absolute atomic E-state index is 12.4. The number of aromatic amines is 1. The van der Waals surface area contributed by atoms with Crippen LogP contribution in [0.4, 0.5) is 10.6 Å². The molecule has 3 rings (SSSR count). The zero-order valence-corrected chi connectivity index (χ0v) is 17.3. The molecule has 1 atom stereocenters. The number of hydrogen-bond donors (Lipinski definition) is 2. The second kappa shape index (κ2) is 8.38. The van der Waals surface area contributed by atoms with Crippen LogP contribution in [-0.4, -0.2) is 68.9 Å². The molecule has 1 unspecified atom stereocenters. The van der Waals surface area contributed by atoms with Crippen molar-refractivity contribution in [3.8, 4) is 11.4 Å². The van der Waals surface area contributed by atoms with Crippen molar-refractivity contribution in [1.82, 2.24) is 19.9 Å². The van der Waals surface area contributed by atoms with Crippen molar-refractivity contribution >= 4 is 23.5 Å². The molecule has 1 fully saturated rings. The molecule has 1 saturated heterocycles. The highest BCUT2D eigenvalue weighted by Crippen LogP contribution is 2.25. The average molecular weight is 422 g/mol. The van der Waals surface area contributed by atoms with Crippen molar-refractivity contribution in [3.05, 3.63) is 39.9 Å². The fourth-order valence-electron chi connectivity index (χ4n) is 3.17. The summed E-state index contributed by atoms with van der Waals surface area (Å²) in [7, 11) is 0. The lowest BCUT2D eigenvalue weighted by atomic mass is 10.1. The van der Waals surface area contributed by atoms with Crippen LogP contribution in [0, 0.1) is 0 Å². The predicted molar refractivity (Wildman–Crippen MR) is 110 cm³/mol. The van der Waals surface area contributed by atoms with Gasteiger partial charge in [-0.25, -0.2) is 9.78 Å². The van der Waals surface area contributed by atoms with Gasteiger partial charge in [0.05, 0.1) is 19.3 Å². The van der Waals surface area contributed by atoms with E-state index in [1.165, 1.54) is 4.90 Å². The topological polar surface area (TPSA) is 112 Å². The number of anilines is 1. The fourth-order valence-corrected chi connectivity index (χ4v) is 3.38. The van der Waals surface area contributed by atoms with E-state index in [0.717, 1.165) is 0 Å². The lowest BCUT2D eigenvalue weighted by Gasteiger charge is -2.39. The minimum Gasteiger partial charge on any atom is -0.465 e. The monoisotopic (exact) mass is 421 g/mol. The third-order valence-corrected chi connectivity index (χ3v) is 5.00. The summed E-state index contributed by atoms with van der Waals surface area (Å²) >= 11 is 6.26. The maximum atomic E-state index is 12.4. The maximum Gasteiger partial charge on any atom is 0.407 e. The molecule has 29 heavy (non-hydrogen) atoms. The Morgan fingerprint density at radius 1 is 1.41 bits per heavy atom. The molecule has 10 heteroatoms. The standard InChI is InChI=1S/C19H24ClN5O4/c1-19(2,3)25(18(27)28)11-13-10-24(8-9-29-13)16-14(20)17(26)23-15(22-16)12-4-6-21-7-5-12/h4-7,13H,8-11H2,1-3H3,(H,27,28)(H,22,23,26). The van der Waals surface area contributed by atoms with Crippen molar-refractivity contribution < 1.29 is 14.6 Å². The molecule has 0 aliphatic carbocycles. The first-order chi connectivity index (χ1) is 13.7. The van der Waals surface area contributed by atoms with E-state index >= 15 is 0 Å². The normalized spacial score (nSPS) is 17.2. The van der Waals surface area contributed by atoms with Crippen LogP contribution in [0.15, 0.2) is 29.3 Å². The zero-order valence-electron chi connectivity index (χ0n) is 16.6. The number of morpholine rings is 1. The number of aromatic nitrogens is 3. The number of hydrogen-bond acceptors (Lipinski definition) is 6. The number of ether oxygens (including phenoxy) is 1. The summed E-state index contributed by atoms with van der Waals surface area (Å²) in [6.07, 6.45) is 1.84. The molecule has 0 radical (unpaired) electrons. The average Bonchev–Trinajstić information content (AvgIpc) is 2.68. The van der Waals surface area contributed by atoms with Crippen LogP contribution in [-0.2, 0) is 4.74 Å². The Morgan fingerprint density at radius 3 is 2.72 bits per heavy atom. The Morgan fingerprint density at radius 2 is 2.10 bits per heavy atom. The van der Waals surface area contributed by atoms with Gasteiger partial charge in [0, 0.05) is 36.6 Å². The van der Waals surface area contributed by atoms with Crippen molar-refractivity contribution in [2.45, 2.75) is 32.4 Å². The van der Waals surface area contributed by atoms with Crippen molar-refractivity contribution in [2.24, 2.45) is 0 Å². The van der Waals surface area contributed by atoms with Gasteiger partial charge in [0.15, 0.2) is 5.82 Å². The fraction of sp³-hybridized carbons (Fsp3) is 0.474. The van der Waals surface area contributed by atoms with E-state index in [-0.39, 0.29) is 17.7 Å². The second-order valence-corrected chi connectivity index (χ2v) is 8.17. The van der Waals surface area contributed by atoms with E-state index in [2.05, 4.69) is 15.0 Å². The van der Waals surface area contributed by atoms with E-state index < -0.39 is 17.2 Å². The summed E-state index contributed by atoms with van der Waals surface area (Å²) in [5.41, 5.74) is -0.288. The summed E-state index contributed by atoms with van der Waals surface area (Å²) in [5.74, 6) is 0.745. The summed E-state index contributed by atoms with van der Waals surface area (Å²) in [5, 5.41) is 9.53. The predicted octanol–water partition coefficient (Wildman–Crippen LogP) is 2.47. The third kappa shape index (κ3) is 4.86. The van der Waals surface area contributed by atoms with Gasteiger partial charge in [-0.3, -0.25) is 9.78 Å². The highest BCUT2D eigenvalue weighted by atomic mass is 35.5. The van der Waals surface area contributed by atoms with Gasteiger partial charge in [-0.1, -0.05) is 11.6 Å². The van der Waals surface area contributed by atoms with Gasteiger partial charge in [-0.05, 0) is 32.9 Å². The van der Waals surface area contributed by atoms with Gasteiger partial charge in [0.25, 0.3) is 5.56 Å². The van der Waals surface area contributed by atoms with Crippen LogP contribution in [0.25, 0.3) is 11.4 Å². The minimum absolute atomic E-state index is 0.00521. The molecule has 2 N–H and O–H groups in total. The first-order valence-electron chi connectivity index (χ1n) is 9.24. The number of carboxylic acid groups (broad SMARTS) is 1. The number of rotatable bonds is 4. The molecule has 0 bridgehead atoms. The molecular weight excluding hydrogens is 398 g/mol. The molecule has 3 heterocycles. The van der Waals surface area contributed by atoms with Crippen LogP contribution < -0.4 is 10.5 Å². The highest BCUT2D eigenvalue weighted by Gasteiger charge is 2.32. The van der Waals surface area contributed by atoms with Gasteiger partial charge >= 0.3 is 6.09 Å². The van der Waals surface area contributed by atoms with Crippen LogP contribution in [0.2, 0.25) is 5.02 Å². The lowest BCUT2D eigenvalue weighted by molar-refractivity contribution is -0.000522. The van der Waals surface area contributed by atoms with E-state index in [1.807, 2.05) is 25.7 Å². The van der Waals surface area contributed by atoms with E-state index in [1.54, 1.807) is 24.5 Å². The molecule has 156 valence electrons. The largest absolute Gasteiger partial charge is 0.465 e. The molecule has 2 aromatic rings. The molecule has 1 amide bonds. The number of pyridine rings is 1. The Bertz CT molecular complexity index is 928. The number of nitrogens with one attached hydrogen (secondary N) is 1. The van der Waals surface area contributed by atoms with E-state index in [4.69, 9.17) is 16.3 Å². The van der Waals surface area contributed by atoms with Crippen LogP contribution in [0.3, 0.4) is 0 Å². The summed E-state index contributed by atoms with van der Waals surface area (Å²) < 4.78 is 5.78. The Hall–Kier alpha value is -2.65. The number of H-pyrrole nitrogens is 1. The Labute approximate surface area is 173 Å². The SMILES string of the molecule is CC(C)(C)N(CC1CN(c2nc(-c3ccncc3)[nH]c(=O)c2Cl)CCO1)C(=O)O. The third-order valence-electron chi connectivity index (χ3n) is 4.66. The Balaban J connectivity index is 1.86. The van der Waals surface area contributed by atoms with Gasteiger partial charge in [0.1, 0.15) is 10.8 Å². The molecular formula is C19H24ClN5O4. The Kier molecular flexibility index (Phi) is 6.09. The van der Waals surface area contributed by atoms with Crippen LogP contribution in [0.5, 0.6) is 0 Å². The van der Waals surface area contributed by atoms with Gasteiger partial charge in [-0.2, -0.15) is 0 Å². The molecule has 9 nitrogen and oxygen atoms in total. The van der Waals surface area contributed by atoms with Crippen molar-refractivity contribution in [1.29, 1.82) is 0 Å². The molecule has 1 aliphatic rings. The molecule has 0 aromatic carbocycles. The van der Waals surface area contributed by atoms with Crippen molar-refractivity contribution in [2.75, 3.05) is 31.1 Å². The van der Waals surface area contributed by atoms with E-state index in [9.17, 15) is 14.7 Å². The smallest absolute Gasteiger partial charge is 0.407 e. The number of halogens is 1. The quantitative estimate of drug-likeness (QED) is 0.779. The first-order valence-corrected chi connectivity index (χ1v) is 9.62. The summed E-state index contributed by atoms with van der Waals surface area (Å²) in [6, 6.07) is 3.48. The first kappa shape index (κ1) is 21.1. The number of amides is 1. The van der Waals surface area contributed by atoms with Gasteiger partial charge in [0.2, 0.25) is 0 Å². The van der Waals surface area contributed by atoms with Crippen molar-refractivity contribution in [3.63, 3.8) is 0 Å². The highest BCUT2D eigenvalue weighted by molar-refractivity contribution is 6.32. The van der Waals surface area contributed by atoms with Gasteiger partial charge in [-0.15, -0.1) is 0 Å². The second-order valence-electron chi connectivity index (χ2n) is 7.79. The molecule has 2 aromatic heterocycles. The van der Waals surface area contributed by atoms with E-state index in [0.29, 0.717) is 36.9 Å². The molecule has 0 saturated carbocycles. The number of nitrogens with zero attached hydrogens (tertiary/aromatic N) is 4. The number of carbonyl (C=O) groups is 1. The summed E-state index contributed by atoms with van der Waals surface area (Å²) in [4.78, 5) is 38.4. The zero-order chi connectivity index (χ0) is 21.2. The lowest BCUT2D eigenvalue weighted by Crippen LogP contribution is -2.53. The summed E-state index contributed by atoms with van der Waals surface area (Å²) in [6.45, 7) is 6.93.